The minimum Gasteiger partial charge on any atom is -0.399 e. The molecule has 1 aromatic rings. The number of hydrogen-bond acceptors (Lipinski definition) is 4. The molecule has 0 spiro atoms. The Morgan fingerprint density at radius 1 is 1.16 bits per heavy atom. The van der Waals surface area contributed by atoms with Crippen LogP contribution in [0.25, 0.3) is 6.08 Å². The predicted molar refractivity (Wildman–Crippen MR) is 75.1 cm³/mol. The molecular weight excluding hydrogens is 264 g/mol. The van der Waals surface area contributed by atoms with Gasteiger partial charge in [0.05, 0.1) is 11.5 Å². The van der Waals surface area contributed by atoms with E-state index in [-0.39, 0.29) is 30.5 Å². The van der Waals surface area contributed by atoms with Crippen LogP contribution in [0.5, 0.6) is 0 Å². The van der Waals surface area contributed by atoms with Gasteiger partial charge in [0.25, 0.3) is 0 Å². The fraction of sp³-hybridized carbons (Fsp3) is 0.308. The van der Waals surface area contributed by atoms with Crippen LogP contribution in [-0.4, -0.2) is 43.8 Å². The van der Waals surface area contributed by atoms with E-state index in [1.54, 1.807) is 23.1 Å². The van der Waals surface area contributed by atoms with E-state index in [1.165, 1.54) is 6.08 Å². The van der Waals surface area contributed by atoms with Crippen LogP contribution in [0.4, 0.5) is 5.69 Å². The van der Waals surface area contributed by atoms with E-state index in [1.807, 2.05) is 12.1 Å². The second-order valence-corrected chi connectivity index (χ2v) is 6.78. The number of sulfone groups is 1. The zero-order valence-electron chi connectivity index (χ0n) is 10.5. The molecule has 0 aliphatic carbocycles. The maximum atomic E-state index is 11.9. The van der Waals surface area contributed by atoms with Gasteiger partial charge < -0.3 is 10.6 Å². The molecule has 5 nitrogen and oxygen atoms in total. The lowest BCUT2D eigenvalue weighted by Gasteiger charge is -2.25. The molecule has 6 heteroatoms. The second-order valence-electron chi connectivity index (χ2n) is 4.48. The van der Waals surface area contributed by atoms with Gasteiger partial charge in [0, 0.05) is 24.9 Å². The van der Waals surface area contributed by atoms with Crippen molar-refractivity contribution in [3.05, 3.63) is 35.9 Å². The summed E-state index contributed by atoms with van der Waals surface area (Å²) < 4.78 is 22.5. The number of rotatable bonds is 2. The first-order valence-corrected chi connectivity index (χ1v) is 7.81. The van der Waals surface area contributed by atoms with E-state index >= 15 is 0 Å². The van der Waals surface area contributed by atoms with Gasteiger partial charge in [-0.15, -0.1) is 0 Å². The van der Waals surface area contributed by atoms with Crippen LogP contribution < -0.4 is 5.73 Å². The maximum absolute atomic E-state index is 11.9. The molecule has 0 radical (unpaired) electrons. The van der Waals surface area contributed by atoms with Crippen LogP contribution in [0.3, 0.4) is 0 Å². The first kappa shape index (κ1) is 13.6. The van der Waals surface area contributed by atoms with Gasteiger partial charge >= 0.3 is 0 Å². The average molecular weight is 280 g/mol. The van der Waals surface area contributed by atoms with Gasteiger partial charge in [0.15, 0.2) is 9.84 Å². The van der Waals surface area contributed by atoms with Gasteiger partial charge in [-0.05, 0) is 23.8 Å². The van der Waals surface area contributed by atoms with Gasteiger partial charge in [0.1, 0.15) is 0 Å². The fourth-order valence-electron chi connectivity index (χ4n) is 1.81. The molecule has 1 fully saturated rings. The fourth-order valence-corrected chi connectivity index (χ4v) is 3.01. The lowest BCUT2D eigenvalue weighted by atomic mass is 10.2. The van der Waals surface area contributed by atoms with E-state index in [2.05, 4.69) is 0 Å². The Morgan fingerprint density at radius 2 is 1.74 bits per heavy atom. The van der Waals surface area contributed by atoms with E-state index in [0.29, 0.717) is 5.69 Å². The van der Waals surface area contributed by atoms with Crippen molar-refractivity contribution in [2.24, 2.45) is 0 Å². The molecule has 0 unspecified atom stereocenters. The third-order valence-electron chi connectivity index (χ3n) is 3.01. The van der Waals surface area contributed by atoms with Crippen molar-refractivity contribution in [2.45, 2.75) is 0 Å². The summed E-state index contributed by atoms with van der Waals surface area (Å²) in [5.41, 5.74) is 7.12. The third-order valence-corrected chi connectivity index (χ3v) is 4.62. The quantitative estimate of drug-likeness (QED) is 0.633. The number of carbonyl (C=O) groups excluding carboxylic acids is 1. The van der Waals surface area contributed by atoms with E-state index < -0.39 is 9.84 Å². The number of anilines is 1. The van der Waals surface area contributed by atoms with E-state index in [9.17, 15) is 13.2 Å². The Balaban J connectivity index is 1.96. The Labute approximate surface area is 112 Å². The average Bonchev–Trinajstić information content (AvgIpc) is 2.37. The molecular formula is C13H16N2O3S. The molecule has 19 heavy (non-hydrogen) atoms. The van der Waals surface area contributed by atoms with Crippen molar-refractivity contribution in [1.82, 2.24) is 4.90 Å². The van der Waals surface area contributed by atoms with E-state index in [4.69, 9.17) is 5.73 Å². The Kier molecular flexibility index (Phi) is 3.90. The van der Waals surface area contributed by atoms with Crippen LogP contribution in [-0.2, 0) is 14.6 Å². The van der Waals surface area contributed by atoms with Crippen molar-refractivity contribution < 1.29 is 13.2 Å². The van der Waals surface area contributed by atoms with Gasteiger partial charge in [-0.1, -0.05) is 12.1 Å². The van der Waals surface area contributed by atoms with Crippen molar-refractivity contribution in [2.75, 3.05) is 30.3 Å². The number of benzene rings is 1. The lowest BCUT2D eigenvalue weighted by Crippen LogP contribution is -2.43. The lowest BCUT2D eigenvalue weighted by molar-refractivity contribution is -0.125. The van der Waals surface area contributed by atoms with Crippen LogP contribution >= 0.6 is 0 Å². The molecule has 2 rings (SSSR count). The van der Waals surface area contributed by atoms with Crippen LogP contribution in [0, 0.1) is 0 Å². The molecule has 0 atom stereocenters. The van der Waals surface area contributed by atoms with Crippen molar-refractivity contribution in [3.8, 4) is 0 Å². The summed E-state index contributed by atoms with van der Waals surface area (Å²) in [6.07, 6.45) is 3.16. The van der Waals surface area contributed by atoms with Crippen LogP contribution in [0.1, 0.15) is 5.56 Å². The van der Waals surface area contributed by atoms with Gasteiger partial charge in [-0.25, -0.2) is 8.42 Å². The molecule has 1 saturated heterocycles. The summed E-state index contributed by atoms with van der Waals surface area (Å²) >= 11 is 0. The number of nitrogen functional groups attached to an aromatic ring is 1. The largest absolute Gasteiger partial charge is 0.399 e. The summed E-state index contributed by atoms with van der Waals surface area (Å²) in [6, 6.07) is 7.16. The van der Waals surface area contributed by atoms with Crippen molar-refractivity contribution >= 4 is 27.5 Å². The molecule has 1 aliphatic rings. The molecule has 1 aliphatic heterocycles. The first-order valence-electron chi connectivity index (χ1n) is 5.99. The van der Waals surface area contributed by atoms with Gasteiger partial charge in [0.2, 0.25) is 5.91 Å². The minimum absolute atomic E-state index is 0.0501. The molecule has 1 amide bonds. The molecule has 0 bridgehead atoms. The number of hydrogen-bond donors (Lipinski definition) is 1. The summed E-state index contributed by atoms with van der Waals surface area (Å²) in [5, 5.41) is 0. The highest BCUT2D eigenvalue weighted by Crippen LogP contribution is 2.09. The minimum atomic E-state index is -2.95. The SMILES string of the molecule is Nc1ccc(/C=C/C(=O)N2CCS(=O)(=O)CC2)cc1. The van der Waals surface area contributed by atoms with Crippen molar-refractivity contribution in [1.29, 1.82) is 0 Å². The number of amides is 1. The summed E-state index contributed by atoms with van der Waals surface area (Å²) in [7, 11) is -2.95. The van der Waals surface area contributed by atoms with Crippen LogP contribution in [0.2, 0.25) is 0 Å². The molecule has 2 N–H and O–H groups in total. The first-order chi connectivity index (χ1) is 8.96. The summed E-state index contributed by atoms with van der Waals surface area (Å²) in [6.45, 7) is 0.542. The number of nitrogens with two attached hydrogens (primary N) is 1. The highest BCUT2D eigenvalue weighted by molar-refractivity contribution is 7.91. The zero-order valence-corrected chi connectivity index (χ0v) is 11.3. The topological polar surface area (TPSA) is 80.5 Å². The third kappa shape index (κ3) is 3.82. The van der Waals surface area contributed by atoms with Gasteiger partial charge in [-0.3, -0.25) is 4.79 Å². The summed E-state index contributed by atoms with van der Waals surface area (Å²) in [4.78, 5) is 13.4. The highest BCUT2D eigenvalue weighted by atomic mass is 32.2. The van der Waals surface area contributed by atoms with Crippen molar-refractivity contribution in [3.63, 3.8) is 0 Å². The normalized spacial score (nSPS) is 18.6. The molecule has 1 heterocycles. The monoisotopic (exact) mass is 280 g/mol. The smallest absolute Gasteiger partial charge is 0.246 e. The van der Waals surface area contributed by atoms with Gasteiger partial charge in [-0.2, -0.15) is 0 Å². The van der Waals surface area contributed by atoms with Crippen LogP contribution in [0.15, 0.2) is 30.3 Å². The number of nitrogens with zero attached hydrogens (tertiary/aromatic N) is 1. The molecule has 0 saturated carbocycles. The second kappa shape index (κ2) is 5.44. The zero-order chi connectivity index (χ0) is 13.9. The summed E-state index contributed by atoms with van der Waals surface area (Å²) in [5.74, 6) is -0.0603. The molecule has 1 aromatic carbocycles. The molecule has 102 valence electrons. The highest BCUT2D eigenvalue weighted by Gasteiger charge is 2.23. The predicted octanol–water partition coefficient (Wildman–Crippen LogP) is 0.539. The number of carbonyl (C=O) groups is 1. The van der Waals surface area contributed by atoms with E-state index in [0.717, 1.165) is 5.56 Å². The Morgan fingerprint density at radius 3 is 2.32 bits per heavy atom. The standard InChI is InChI=1S/C13H16N2O3S/c14-12-4-1-11(2-5-12)3-6-13(16)15-7-9-19(17,18)10-8-15/h1-6H,7-10,14H2/b6-3+. The maximum Gasteiger partial charge on any atom is 0.246 e. The Bertz CT molecular complexity index is 577. The molecule has 0 aromatic heterocycles. The Hall–Kier alpha value is -1.82.